The lowest BCUT2D eigenvalue weighted by Gasteiger charge is -2.34. The van der Waals surface area contributed by atoms with Gasteiger partial charge in [-0.05, 0) is 36.9 Å². The highest BCUT2D eigenvalue weighted by atomic mass is 31.2. The van der Waals surface area contributed by atoms with Crippen molar-refractivity contribution in [1.82, 2.24) is 5.01 Å². The Morgan fingerprint density at radius 3 is 2.26 bits per heavy atom. The van der Waals surface area contributed by atoms with Crippen molar-refractivity contribution in [2.45, 2.75) is 166 Å². The van der Waals surface area contributed by atoms with Crippen LogP contribution in [0.15, 0.2) is 45.1 Å². The van der Waals surface area contributed by atoms with Crippen LogP contribution >= 0.6 is 7.82 Å². The van der Waals surface area contributed by atoms with Gasteiger partial charge in [-0.3, -0.25) is 19.0 Å². The molecular weight excluding hydrogens is 766 g/mol. The summed E-state index contributed by atoms with van der Waals surface area (Å²) in [6, 6.07) is 5.29. The van der Waals surface area contributed by atoms with Crippen LogP contribution < -0.4 is 5.73 Å². The number of nitrogens with two attached hydrogens (primary N) is 1. The lowest BCUT2D eigenvalue weighted by molar-refractivity contribution is -0.118. The van der Waals surface area contributed by atoms with Gasteiger partial charge in [-0.25, -0.2) is 13.9 Å². The Hall–Kier alpha value is -3.06. The van der Waals surface area contributed by atoms with Gasteiger partial charge in [0.2, 0.25) is 0 Å². The van der Waals surface area contributed by atoms with Gasteiger partial charge in [-0.2, -0.15) is 10.4 Å². The molecule has 58 heavy (non-hydrogen) atoms. The minimum Gasteiger partial charge on any atom is -0.387 e. The lowest BCUT2D eigenvalue weighted by Crippen LogP contribution is -2.49. The molecule has 0 radical (unpaired) electrons. The van der Waals surface area contributed by atoms with E-state index in [1.54, 1.807) is 5.01 Å². The van der Waals surface area contributed by atoms with Gasteiger partial charge in [0.05, 0.1) is 55.8 Å². The summed E-state index contributed by atoms with van der Waals surface area (Å²) in [5.41, 5.74) is 5.46. The number of unbranched alkanes of at least 4 members (excludes halogenated alkanes) is 15. The fourth-order valence-corrected chi connectivity index (χ4v) is 8.82. The molecule has 3 heterocycles. The van der Waals surface area contributed by atoms with Gasteiger partial charge in [-0.1, -0.05) is 123 Å². The zero-order valence-electron chi connectivity index (χ0n) is 34.4. The van der Waals surface area contributed by atoms with E-state index < -0.39 is 56.3 Å². The molecule has 3 aliphatic rings. The summed E-state index contributed by atoms with van der Waals surface area (Å²) >= 11 is 0. The molecule has 1 fully saturated rings. The number of ether oxygens (including phenoxy) is 2. The van der Waals surface area contributed by atoms with Crippen LogP contribution in [-0.2, 0) is 29.7 Å². The number of halogens is 1. The van der Waals surface area contributed by atoms with Crippen LogP contribution in [0, 0.1) is 23.1 Å². The summed E-state index contributed by atoms with van der Waals surface area (Å²) in [6.07, 6.45) is 18.6. The summed E-state index contributed by atoms with van der Waals surface area (Å²) in [4.78, 5) is 18.7. The van der Waals surface area contributed by atoms with Crippen LogP contribution in [0.2, 0.25) is 0 Å². The molecule has 1 aromatic rings. The molecule has 0 bridgehead atoms. The zero-order chi connectivity index (χ0) is 42.0. The predicted octanol–water partition coefficient (Wildman–Crippen LogP) is 7.45. The number of phosphoric ester groups is 1. The Morgan fingerprint density at radius 1 is 1.03 bits per heavy atom. The molecule has 0 saturated carbocycles. The number of amidine groups is 1. The first-order valence-electron chi connectivity index (χ1n) is 21.2. The summed E-state index contributed by atoms with van der Waals surface area (Å²) in [7, 11) is -4.79. The highest BCUT2D eigenvalue weighted by Gasteiger charge is 2.59. The number of benzene rings is 1. The van der Waals surface area contributed by atoms with Gasteiger partial charge in [0.25, 0.3) is 0 Å². The first kappa shape index (κ1) is 47.6. The highest BCUT2D eigenvalue weighted by molar-refractivity contribution is 7.47. The third kappa shape index (κ3) is 14.3. The SMILES string of the molecule is C=NC[C@]1(COP(=O)(O)OC[C@@H](CCCCCCCCCCCCCCCCCC)OCc2cc(F)cc(C#N)c2)O[C@@H](C2C(C)C=C3C(N)=NC=NN32)[C@H](O)[C@@H]1O. The molecule has 3 aliphatic heterocycles. The quantitative estimate of drug-likeness (QED) is 0.0355. The third-order valence-electron chi connectivity index (χ3n) is 11.3. The van der Waals surface area contributed by atoms with E-state index in [1.807, 2.05) is 19.1 Å². The first-order chi connectivity index (χ1) is 27.9. The number of hydrogen-bond donors (Lipinski definition) is 4. The van der Waals surface area contributed by atoms with Crippen molar-refractivity contribution in [3.63, 3.8) is 0 Å². The molecule has 14 nitrogen and oxygen atoms in total. The molecule has 1 aromatic carbocycles. The van der Waals surface area contributed by atoms with Crippen LogP contribution in [0.5, 0.6) is 0 Å². The van der Waals surface area contributed by atoms with Crippen molar-refractivity contribution in [3.05, 3.63) is 46.9 Å². The molecule has 5 N–H and O–H groups in total. The van der Waals surface area contributed by atoms with E-state index in [-0.39, 0.29) is 37.1 Å². The number of fused-ring (bicyclic) bond motifs is 1. The number of aliphatic hydroxyl groups excluding tert-OH is 2. The van der Waals surface area contributed by atoms with E-state index in [0.717, 1.165) is 31.7 Å². The molecule has 0 aliphatic carbocycles. The molecular formula is C42H66FN6O8P. The minimum absolute atomic E-state index is 0.0436. The number of phosphoric acid groups is 1. The maximum absolute atomic E-state index is 14.1. The summed E-state index contributed by atoms with van der Waals surface area (Å²) in [5.74, 6) is -0.543. The number of rotatable bonds is 29. The van der Waals surface area contributed by atoms with Crippen molar-refractivity contribution in [1.29, 1.82) is 5.26 Å². The van der Waals surface area contributed by atoms with Gasteiger partial charge in [0.15, 0.2) is 5.84 Å². The van der Waals surface area contributed by atoms with Gasteiger partial charge in [0.1, 0.15) is 36.1 Å². The van der Waals surface area contributed by atoms with Gasteiger partial charge < -0.3 is 30.3 Å². The van der Waals surface area contributed by atoms with Crippen molar-refractivity contribution in [2.24, 2.45) is 26.7 Å². The minimum atomic E-state index is -4.79. The van der Waals surface area contributed by atoms with E-state index in [0.29, 0.717) is 17.7 Å². The number of hydrazone groups is 1. The second kappa shape index (κ2) is 24.3. The number of nitrogens with zero attached hydrogens (tertiary/aromatic N) is 5. The predicted molar refractivity (Wildman–Crippen MR) is 223 cm³/mol. The molecule has 0 spiro atoms. The molecule has 324 valence electrons. The van der Waals surface area contributed by atoms with Crippen LogP contribution in [0.1, 0.15) is 134 Å². The highest BCUT2D eigenvalue weighted by Crippen LogP contribution is 2.47. The number of nitriles is 1. The van der Waals surface area contributed by atoms with Gasteiger partial charge in [-0.15, -0.1) is 0 Å². The Morgan fingerprint density at radius 2 is 1.66 bits per heavy atom. The largest absolute Gasteiger partial charge is 0.472 e. The maximum atomic E-state index is 14.1. The molecule has 1 saturated heterocycles. The van der Waals surface area contributed by atoms with Crippen LogP contribution in [0.25, 0.3) is 0 Å². The standard InChI is InChI=1S/C42H66FN6O8P/c1-4-5-6-7-8-9-10-11-12-13-14-15-16-17-18-19-20-35(54-26-33-22-32(25-44)23-34(43)24-33)27-55-58(52,53)56-29-42(28-46-3)40(51)38(50)39(57-42)37-31(2)21-36-41(45)47-30-48-49(36)37/h21-24,30-31,35,37-40,50-51H,3-20,26-29H2,1-2H3,(H,52,53)(H2,45,47,48)/t31?,35-,37?,38+,39+,40+,42-/m1/s1. The van der Waals surface area contributed by atoms with E-state index in [2.05, 4.69) is 28.7 Å². The Kier molecular flexibility index (Phi) is 19.9. The Bertz CT molecular complexity index is 1630. The average molecular weight is 833 g/mol. The molecule has 3 unspecified atom stereocenters. The Balaban J connectivity index is 1.26. The van der Waals surface area contributed by atoms with Crippen molar-refractivity contribution < 1.29 is 42.6 Å². The van der Waals surface area contributed by atoms with E-state index in [4.69, 9.17) is 24.3 Å². The van der Waals surface area contributed by atoms with E-state index in [9.17, 15) is 29.3 Å². The average Bonchev–Trinajstić information content (AvgIpc) is 3.66. The zero-order valence-corrected chi connectivity index (χ0v) is 35.3. The Labute approximate surface area is 344 Å². The normalized spacial score (nSPS) is 25.5. The second-order valence-electron chi connectivity index (χ2n) is 16.0. The monoisotopic (exact) mass is 832 g/mol. The maximum Gasteiger partial charge on any atom is 0.472 e. The van der Waals surface area contributed by atoms with E-state index in [1.165, 1.54) is 95.5 Å². The van der Waals surface area contributed by atoms with Crippen LogP contribution in [0.4, 0.5) is 4.39 Å². The van der Waals surface area contributed by atoms with Crippen molar-refractivity contribution in [2.75, 3.05) is 19.8 Å². The molecule has 16 heteroatoms. The smallest absolute Gasteiger partial charge is 0.387 e. The van der Waals surface area contributed by atoms with Crippen LogP contribution in [0.3, 0.4) is 0 Å². The third-order valence-corrected chi connectivity index (χ3v) is 12.2. The van der Waals surface area contributed by atoms with Crippen molar-refractivity contribution in [3.8, 4) is 6.07 Å². The van der Waals surface area contributed by atoms with Gasteiger partial charge >= 0.3 is 7.82 Å². The number of aliphatic imine (C=N–C) groups is 2. The molecule has 0 amide bonds. The fraction of sp³-hybridized carbons (Fsp3) is 0.714. The molecule has 8 atom stereocenters. The summed E-state index contributed by atoms with van der Waals surface area (Å²) < 4.78 is 50.6. The number of aliphatic hydroxyl groups is 2. The van der Waals surface area contributed by atoms with Crippen molar-refractivity contribution >= 4 is 26.7 Å². The lowest BCUT2D eigenvalue weighted by atomic mass is 9.91. The summed E-state index contributed by atoms with van der Waals surface area (Å²) in [6.45, 7) is 6.36. The second-order valence-corrected chi connectivity index (χ2v) is 17.4. The molecule has 0 aromatic heterocycles. The summed E-state index contributed by atoms with van der Waals surface area (Å²) in [5, 5.41) is 37.7. The topological polar surface area (TPSA) is 205 Å². The van der Waals surface area contributed by atoms with Crippen LogP contribution in [-0.4, -0.2) is 94.8 Å². The fourth-order valence-electron chi connectivity index (χ4n) is 8.01. The molecule has 4 rings (SSSR count). The first-order valence-corrected chi connectivity index (χ1v) is 22.7. The van der Waals surface area contributed by atoms with Gasteiger partial charge in [0, 0.05) is 5.92 Å². The van der Waals surface area contributed by atoms with E-state index >= 15 is 0 Å². The number of hydrogen-bond acceptors (Lipinski definition) is 13.